The summed E-state index contributed by atoms with van der Waals surface area (Å²) in [6.45, 7) is 8.70. The van der Waals surface area contributed by atoms with Gasteiger partial charge in [-0.05, 0) is 88.9 Å². The maximum atomic E-state index is 15.5. The minimum absolute atomic E-state index is 0.0897. The van der Waals surface area contributed by atoms with E-state index in [4.69, 9.17) is 15.9 Å². The number of hydrogen-bond donors (Lipinski definition) is 2. The van der Waals surface area contributed by atoms with E-state index in [1.165, 1.54) is 23.8 Å². The van der Waals surface area contributed by atoms with E-state index in [1.807, 2.05) is 6.92 Å². The number of H-pyrrole nitrogens is 1. The highest BCUT2D eigenvalue weighted by molar-refractivity contribution is 5.97. The molecule has 4 rings (SSSR count). The van der Waals surface area contributed by atoms with Gasteiger partial charge in [-0.1, -0.05) is 11.1 Å². The van der Waals surface area contributed by atoms with Crippen molar-refractivity contribution in [2.75, 3.05) is 18.6 Å². The van der Waals surface area contributed by atoms with Gasteiger partial charge in [0.15, 0.2) is 12.6 Å². The molecule has 0 aliphatic heterocycles. The Morgan fingerprint density at radius 3 is 2.57 bits per heavy atom. The monoisotopic (exact) mass is 674 g/mol. The highest BCUT2D eigenvalue weighted by Gasteiger charge is 2.25. The molecule has 1 atom stereocenters. The van der Waals surface area contributed by atoms with Crippen LogP contribution in [0.5, 0.6) is 0 Å². The third kappa shape index (κ3) is 8.83. The molecule has 15 heteroatoms. The van der Waals surface area contributed by atoms with Crippen LogP contribution in [-0.4, -0.2) is 67.7 Å². The molecule has 4 aromatic rings. The molecule has 49 heavy (non-hydrogen) atoms. The lowest BCUT2D eigenvalue weighted by Gasteiger charge is -2.24. The Morgan fingerprint density at radius 2 is 1.94 bits per heavy atom. The van der Waals surface area contributed by atoms with Gasteiger partial charge in [0.1, 0.15) is 17.7 Å². The maximum absolute atomic E-state index is 15.5. The summed E-state index contributed by atoms with van der Waals surface area (Å²) < 4.78 is 27.0. The van der Waals surface area contributed by atoms with Gasteiger partial charge >= 0.3 is 11.9 Å². The van der Waals surface area contributed by atoms with Crippen molar-refractivity contribution >= 4 is 34.4 Å². The normalized spacial score (nSPS) is 11.9. The van der Waals surface area contributed by atoms with E-state index in [9.17, 15) is 19.2 Å². The van der Waals surface area contributed by atoms with Gasteiger partial charge < -0.3 is 19.7 Å². The van der Waals surface area contributed by atoms with Gasteiger partial charge in [-0.15, -0.1) is 16.6 Å². The van der Waals surface area contributed by atoms with E-state index in [-0.39, 0.29) is 37.4 Å². The number of anilines is 1. The summed E-state index contributed by atoms with van der Waals surface area (Å²) in [4.78, 5) is 57.5. The molecule has 2 aromatic heterocycles. The molecule has 0 saturated heterocycles. The number of amides is 1. The van der Waals surface area contributed by atoms with E-state index in [1.54, 1.807) is 50.8 Å². The summed E-state index contributed by atoms with van der Waals surface area (Å²) in [7, 11) is 1.20. The Kier molecular flexibility index (Phi) is 11.4. The van der Waals surface area contributed by atoms with E-state index in [2.05, 4.69) is 36.8 Å². The molecule has 2 N–H and O–H groups in total. The third-order valence-corrected chi connectivity index (χ3v) is 7.82. The van der Waals surface area contributed by atoms with Crippen LogP contribution in [0, 0.1) is 37.4 Å². The molecule has 258 valence electrons. The van der Waals surface area contributed by atoms with Gasteiger partial charge in [0, 0.05) is 18.7 Å². The number of aryl methyl sites for hydroxylation is 3. The minimum atomic E-state index is -1.02. The number of carbonyl (C=O) groups excluding carboxylic acids is 3. The van der Waals surface area contributed by atoms with Crippen LogP contribution < -0.4 is 15.8 Å². The molecule has 0 saturated carbocycles. The first-order valence-electron chi connectivity index (χ1n) is 15.5. The number of ether oxygens (including phenoxy) is 2. The van der Waals surface area contributed by atoms with Crippen LogP contribution in [0.3, 0.4) is 0 Å². The van der Waals surface area contributed by atoms with Crippen molar-refractivity contribution in [3.8, 4) is 12.3 Å². The van der Waals surface area contributed by atoms with Gasteiger partial charge in [0.2, 0.25) is 0 Å². The number of terminal acetylenes is 1. The van der Waals surface area contributed by atoms with Crippen LogP contribution in [-0.2, 0) is 38.8 Å². The number of tetrazole rings is 1. The summed E-state index contributed by atoms with van der Waals surface area (Å²) in [5, 5.41) is 16.4. The molecule has 14 nitrogen and oxygen atoms in total. The number of methoxy groups -OCH3 is 1. The summed E-state index contributed by atoms with van der Waals surface area (Å²) in [5.41, 5.74) is 1.03. The van der Waals surface area contributed by atoms with Crippen LogP contribution in [0.2, 0.25) is 0 Å². The number of halogens is 1. The number of carbonyl (C=O) groups is 3. The van der Waals surface area contributed by atoms with Crippen molar-refractivity contribution in [1.29, 1.82) is 0 Å². The first-order chi connectivity index (χ1) is 23.2. The van der Waals surface area contributed by atoms with E-state index in [0.29, 0.717) is 41.1 Å². The lowest BCUT2D eigenvalue weighted by molar-refractivity contribution is -0.157. The number of nitrogens with zero attached hydrogens (tertiary/aromatic N) is 6. The zero-order valence-electron chi connectivity index (χ0n) is 28.3. The lowest BCUT2D eigenvalue weighted by Crippen LogP contribution is -2.42. The van der Waals surface area contributed by atoms with E-state index < -0.39 is 35.1 Å². The van der Waals surface area contributed by atoms with Crippen LogP contribution in [0.25, 0.3) is 10.9 Å². The van der Waals surface area contributed by atoms with Crippen molar-refractivity contribution in [1.82, 2.24) is 35.5 Å². The molecule has 1 unspecified atom stereocenters. The number of rotatable bonds is 13. The number of benzene rings is 2. The zero-order chi connectivity index (χ0) is 35.9. The van der Waals surface area contributed by atoms with Crippen LogP contribution in [0.15, 0.2) is 35.1 Å². The standard InChI is InChI=1S/C34H39FN8O6/c1-8-14-42(18-22-16-25-28(15-20(22)2)36-21(3)43(31(25)45)19-49-33(47)34(4,5)6)23-12-13-24(26(35)17-23)30(44)37-27(32(46)48-7)10-9-11-29-38-40-41-39-29/h1,12-13,15-17,27H,9-11,14,18-19H2,2-7H3,(H,37,44)(H,38,39,40,41). The van der Waals surface area contributed by atoms with Gasteiger partial charge in [-0.25, -0.2) is 14.2 Å². The number of aromatic nitrogens is 6. The second-order valence-electron chi connectivity index (χ2n) is 12.5. The molecule has 2 aromatic carbocycles. The Labute approximate surface area is 282 Å². The number of nitrogens with one attached hydrogen (secondary N) is 2. The fourth-order valence-corrected chi connectivity index (χ4v) is 5.01. The van der Waals surface area contributed by atoms with Crippen LogP contribution in [0.1, 0.15) is 66.7 Å². The molecule has 0 fully saturated rings. The predicted octanol–water partition coefficient (Wildman–Crippen LogP) is 3.15. The largest absolute Gasteiger partial charge is 0.467 e. The molecule has 0 aliphatic rings. The van der Waals surface area contributed by atoms with Gasteiger partial charge in [-0.2, -0.15) is 5.21 Å². The van der Waals surface area contributed by atoms with Crippen LogP contribution >= 0.6 is 0 Å². The summed E-state index contributed by atoms with van der Waals surface area (Å²) in [5.74, 6) is 0.674. The second-order valence-corrected chi connectivity index (χ2v) is 12.5. The van der Waals surface area contributed by atoms with Crippen LogP contribution in [0.4, 0.5) is 10.1 Å². The second kappa shape index (κ2) is 15.5. The van der Waals surface area contributed by atoms with Gasteiger partial charge in [0.25, 0.3) is 11.5 Å². The molecule has 0 spiro atoms. The molecular formula is C34H39FN8O6. The number of fused-ring (bicyclic) bond motifs is 1. The SMILES string of the molecule is C#CCN(Cc1cc2c(=O)n(COC(=O)C(C)(C)C)c(C)nc2cc1C)c1ccc(C(=O)NC(CCCc2nn[nH]n2)C(=O)OC)c(F)c1. The molecule has 2 heterocycles. The lowest BCUT2D eigenvalue weighted by atomic mass is 9.98. The fraction of sp³-hybridized carbons (Fsp3) is 0.412. The van der Waals surface area contributed by atoms with Crippen molar-refractivity contribution in [3.05, 3.63) is 74.8 Å². The zero-order valence-corrected chi connectivity index (χ0v) is 28.3. The van der Waals surface area contributed by atoms with Gasteiger partial charge in [0.05, 0.1) is 35.5 Å². The molecule has 1 amide bonds. The Morgan fingerprint density at radius 1 is 1.18 bits per heavy atom. The van der Waals surface area contributed by atoms with Crippen molar-refractivity contribution in [2.24, 2.45) is 5.41 Å². The topological polar surface area (TPSA) is 174 Å². The summed E-state index contributed by atoms with van der Waals surface area (Å²) in [6.07, 6.45) is 6.72. The highest BCUT2D eigenvalue weighted by atomic mass is 19.1. The Hall–Kier alpha value is -5.65. The van der Waals surface area contributed by atoms with E-state index in [0.717, 1.165) is 11.1 Å². The van der Waals surface area contributed by atoms with E-state index >= 15 is 4.39 Å². The quantitative estimate of drug-likeness (QED) is 0.158. The Bertz CT molecular complexity index is 1950. The van der Waals surface area contributed by atoms with Gasteiger partial charge in [-0.3, -0.25) is 19.0 Å². The number of esters is 2. The number of hydrogen-bond acceptors (Lipinski definition) is 11. The summed E-state index contributed by atoms with van der Waals surface area (Å²) >= 11 is 0. The maximum Gasteiger partial charge on any atom is 0.328 e. The fourth-order valence-electron chi connectivity index (χ4n) is 5.01. The third-order valence-electron chi connectivity index (χ3n) is 7.82. The van der Waals surface area contributed by atoms with Crippen molar-refractivity contribution in [2.45, 2.75) is 73.2 Å². The van der Waals surface area contributed by atoms with Crippen molar-refractivity contribution in [3.63, 3.8) is 0 Å². The molecule has 0 radical (unpaired) electrons. The summed E-state index contributed by atoms with van der Waals surface area (Å²) in [6, 6.07) is 6.52. The average Bonchev–Trinajstić information content (AvgIpc) is 3.57. The predicted molar refractivity (Wildman–Crippen MR) is 178 cm³/mol. The van der Waals surface area contributed by atoms with Crippen molar-refractivity contribution < 1.29 is 28.2 Å². The molecule has 0 bridgehead atoms. The molecular weight excluding hydrogens is 635 g/mol. The number of aromatic amines is 1. The first kappa shape index (κ1) is 36.2. The molecule has 0 aliphatic carbocycles. The average molecular weight is 675 g/mol. The Balaban J connectivity index is 1.54. The smallest absolute Gasteiger partial charge is 0.328 e. The first-order valence-corrected chi connectivity index (χ1v) is 15.5. The minimum Gasteiger partial charge on any atom is -0.467 e. The highest BCUT2D eigenvalue weighted by Crippen LogP contribution is 2.24.